The highest BCUT2D eigenvalue weighted by Crippen LogP contribution is 2.05. The Morgan fingerprint density at radius 1 is 1.50 bits per heavy atom. The van der Waals surface area contributed by atoms with Gasteiger partial charge in [-0.05, 0) is 20.3 Å². The second-order valence-electron chi connectivity index (χ2n) is 2.42. The minimum atomic E-state index is 1.03. The highest BCUT2D eigenvalue weighted by molar-refractivity contribution is 5.10. The SMILES string of the molecule is CCc1c(C)ncn1CC. The van der Waals surface area contributed by atoms with E-state index in [0.29, 0.717) is 0 Å². The average Bonchev–Trinajstić information content (AvgIpc) is 2.30. The quantitative estimate of drug-likeness (QED) is 0.609. The van der Waals surface area contributed by atoms with Crippen molar-refractivity contribution >= 4 is 0 Å². The van der Waals surface area contributed by atoms with Gasteiger partial charge in [-0.15, -0.1) is 0 Å². The van der Waals surface area contributed by atoms with Crippen molar-refractivity contribution in [3.8, 4) is 0 Å². The van der Waals surface area contributed by atoms with E-state index in [2.05, 4.69) is 30.3 Å². The highest BCUT2D eigenvalue weighted by atomic mass is 15.0. The Labute approximate surface area is 61.9 Å². The zero-order valence-electron chi connectivity index (χ0n) is 6.89. The predicted octanol–water partition coefficient (Wildman–Crippen LogP) is 1.77. The molecule has 0 aliphatic carbocycles. The first-order valence-electron chi connectivity index (χ1n) is 3.80. The summed E-state index contributed by atoms with van der Waals surface area (Å²) < 4.78 is 2.19. The first kappa shape index (κ1) is 7.32. The summed E-state index contributed by atoms with van der Waals surface area (Å²) in [6, 6.07) is 0. The second kappa shape index (κ2) is 2.86. The van der Waals surface area contributed by atoms with Gasteiger partial charge in [-0.1, -0.05) is 6.92 Å². The third-order valence-corrected chi connectivity index (χ3v) is 1.83. The Morgan fingerprint density at radius 2 is 2.20 bits per heavy atom. The molecule has 0 radical (unpaired) electrons. The minimum absolute atomic E-state index is 1.03. The molecule has 2 heteroatoms. The fourth-order valence-electron chi connectivity index (χ4n) is 1.24. The molecule has 0 unspecified atom stereocenters. The van der Waals surface area contributed by atoms with E-state index in [4.69, 9.17) is 0 Å². The van der Waals surface area contributed by atoms with Crippen LogP contribution in [0.5, 0.6) is 0 Å². The molecular formula is C8H14N2. The molecule has 0 amide bonds. The fraction of sp³-hybridized carbons (Fsp3) is 0.625. The van der Waals surface area contributed by atoms with Gasteiger partial charge in [-0.3, -0.25) is 0 Å². The summed E-state index contributed by atoms with van der Waals surface area (Å²) in [5.41, 5.74) is 2.53. The standard InChI is InChI=1S/C8H14N2/c1-4-8-7(3)9-6-10(8)5-2/h6H,4-5H2,1-3H3. The first-order chi connectivity index (χ1) is 4.79. The fourth-order valence-corrected chi connectivity index (χ4v) is 1.24. The molecule has 0 fully saturated rings. The highest BCUT2D eigenvalue weighted by Gasteiger charge is 2.01. The normalized spacial score (nSPS) is 10.3. The Hall–Kier alpha value is -0.790. The molecule has 1 aromatic rings. The van der Waals surface area contributed by atoms with Crippen molar-refractivity contribution < 1.29 is 0 Å². The van der Waals surface area contributed by atoms with Crippen molar-refractivity contribution in [2.45, 2.75) is 33.7 Å². The summed E-state index contributed by atoms with van der Waals surface area (Å²) in [5, 5.41) is 0. The molecule has 1 heterocycles. The summed E-state index contributed by atoms with van der Waals surface area (Å²) in [6.45, 7) is 7.39. The molecule has 0 spiro atoms. The van der Waals surface area contributed by atoms with Crippen molar-refractivity contribution in [2.75, 3.05) is 0 Å². The van der Waals surface area contributed by atoms with E-state index in [0.717, 1.165) is 13.0 Å². The van der Waals surface area contributed by atoms with Crippen LogP contribution in [0.15, 0.2) is 6.33 Å². The molecule has 0 atom stereocenters. The summed E-state index contributed by atoms with van der Waals surface area (Å²) in [4.78, 5) is 4.22. The Balaban J connectivity index is 3.01. The van der Waals surface area contributed by atoms with Crippen LogP contribution in [0.1, 0.15) is 25.2 Å². The van der Waals surface area contributed by atoms with E-state index in [1.54, 1.807) is 0 Å². The van der Waals surface area contributed by atoms with Crippen molar-refractivity contribution in [3.05, 3.63) is 17.7 Å². The van der Waals surface area contributed by atoms with Gasteiger partial charge in [-0.25, -0.2) is 4.98 Å². The zero-order valence-corrected chi connectivity index (χ0v) is 6.89. The summed E-state index contributed by atoms with van der Waals surface area (Å²) in [7, 11) is 0. The molecule has 56 valence electrons. The maximum Gasteiger partial charge on any atom is 0.0951 e. The van der Waals surface area contributed by atoms with E-state index >= 15 is 0 Å². The third-order valence-electron chi connectivity index (χ3n) is 1.83. The van der Waals surface area contributed by atoms with Crippen molar-refractivity contribution in [1.29, 1.82) is 0 Å². The van der Waals surface area contributed by atoms with Crippen LogP contribution >= 0.6 is 0 Å². The minimum Gasteiger partial charge on any atom is -0.335 e. The summed E-state index contributed by atoms with van der Waals surface area (Å²) >= 11 is 0. The smallest absolute Gasteiger partial charge is 0.0951 e. The van der Waals surface area contributed by atoms with E-state index in [-0.39, 0.29) is 0 Å². The Morgan fingerprint density at radius 3 is 2.60 bits per heavy atom. The molecule has 0 aromatic carbocycles. The first-order valence-corrected chi connectivity index (χ1v) is 3.80. The Kier molecular flexibility index (Phi) is 2.10. The van der Waals surface area contributed by atoms with Crippen LogP contribution in [0, 0.1) is 6.92 Å². The Bertz CT molecular complexity index is 213. The maximum absolute atomic E-state index is 4.22. The van der Waals surface area contributed by atoms with Crippen LogP contribution in [0.2, 0.25) is 0 Å². The van der Waals surface area contributed by atoms with E-state index in [1.165, 1.54) is 11.4 Å². The molecule has 0 bridgehead atoms. The third kappa shape index (κ3) is 1.06. The molecular weight excluding hydrogens is 124 g/mol. The van der Waals surface area contributed by atoms with Gasteiger partial charge in [0.25, 0.3) is 0 Å². The lowest BCUT2D eigenvalue weighted by atomic mass is 10.3. The average molecular weight is 138 g/mol. The van der Waals surface area contributed by atoms with Crippen LogP contribution < -0.4 is 0 Å². The van der Waals surface area contributed by atoms with Gasteiger partial charge in [0.2, 0.25) is 0 Å². The van der Waals surface area contributed by atoms with E-state index in [9.17, 15) is 0 Å². The van der Waals surface area contributed by atoms with E-state index in [1.807, 2.05) is 6.33 Å². The van der Waals surface area contributed by atoms with Gasteiger partial charge in [0.1, 0.15) is 0 Å². The number of nitrogens with zero attached hydrogens (tertiary/aromatic N) is 2. The number of rotatable bonds is 2. The molecule has 0 aliphatic rings. The molecule has 10 heavy (non-hydrogen) atoms. The predicted molar refractivity (Wildman–Crippen MR) is 42.0 cm³/mol. The van der Waals surface area contributed by atoms with Crippen LogP contribution in [0.4, 0.5) is 0 Å². The van der Waals surface area contributed by atoms with Crippen molar-refractivity contribution in [1.82, 2.24) is 9.55 Å². The largest absolute Gasteiger partial charge is 0.335 e. The van der Waals surface area contributed by atoms with Gasteiger partial charge in [0, 0.05) is 12.2 Å². The second-order valence-corrected chi connectivity index (χ2v) is 2.42. The van der Waals surface area contributed by atoms with Crippen LogP contribution in [0.3, 0.4) is 0 Å². The van der Waals surface area contributed by atoms with Crippen molar-refractivity contribution in [2.24, 2.45) is 0 Å². The lowest BCUT2D eigenvalue weighted by molar-refractivity contribution is 0.715. The van der Waals surface area contributed by atoms with Crippen molar-refractivity contribution in [3.63, 3.8) is 0 Å². The maximum atomic E-state index is 4.22. The summed E-state index contributed by atoms with van der Waals surface area (Å²) in [5.74, 6) is 0. The number of imidazole rings is 1. The van der Waals surface area contributed by atoms with Gasteiger partial charge < -0.3 is 4.57 Å². The van der Waals surface area contributed by atoms with Gasteiger partial charge in [0.05, 0.1) is 12.0 Å². The lowest BCUT2D eigenvalue weighted by Gasteiger charge is -2.01. The molecule has 1 aromatic heterocycles. The van der Waals surface area contributed by atoms with Gasteiger partial charge in [0.15, 0.2) is 0 Å². The molecule has 1 rings (SSSR count). The number of hydrogen-bond acceptors (Lipinski definition) is 1. The van der Waals surface area contributed by atoms with Gasteiger partial charge >= 0.3 is 0 Å². The number of aryl methyl sites for hydroxylation is 2. The zero-order chi connectivity index (χ0) is 7.56. The molecule has 0 N–H and O–H groups in total. The van der Waals surface area contributed by atoms with Crippen LogP contribution in [0.25, 0.3) is 0 Å². The molecule has 0 saturated heterocycles. The monoisotopic (exact) mass is 138 g/mol. The van der Waals surface area contributed by atoms with Crippen LogP contribution in [-0.2, 0) is 13.0 Å². The number of hydrogen-bond donors (Lipinski definition) is 0. The van der Waals surface area contributed by atoms with Gasteiger partial charge in [-0.2, -0.15) is 0 Å². The number of aromatic nitrogens is 2. The summed E-state index contributed by atoms with van der Waals surface area (Å²) in [6.07, 6.45) is 2.99. The molecule has 2 nitrogen and oxygen atoms in total. The molecule has 0 aliphatic heterocycles. The van der Waals surface area contributed by atoms with E-state index < -0.39 is 0 Å². The van der Waals surface area contributed by atoms with Crippen LogP contribution in [-0.4, -0.2) is 9.55 Å². The lowest BCUT2D eigenvalue weighted by Crippen LogP contribution is -1.98. The topological polar surface area (TPSA) is 17.8 Å². The molecule has 0 saturated carbocycles.